The monoisotopic (exact) mass is 541 g/mol. The summed E-state index contributed by atoms with van der Waals surface area (Å²) in [6.45, 7) is 5.50. The molecule has 0 radical (unpaired) electrons. The number of nitrogens with one attached hydrogen (secondary N) is 1. The number of nitrogens with zero attached hydrogens (tertiary/aromatic N) is 2. The van der Waals surface area contributed by atoms with E-state index in [2.05, 4.69) is 21.6 Å². The second-order valence-corrected chi connectivity index (χ2v) is 10.1. The molecule has 1 saturated heterocycles. The van der Waals surface area contributed by atoms with Gasteiger partial charge in [0.2, 0.25) is 0 Å². The van der Waals surface area contributed by atoms with Crippen molar-refractivity contribution in [3.05, 3.63) is 53.5 Å². The summed E-state index contributed by atoms with van der Waals surface area (Å²) in [5.74, 6) is 1.67. The Labute approximate surface area is 228 Å². The van der Waals surface area contributed by atoms with Crippen LogP contribution in [0.25, 0.3) is 0 Å². The third-order valence-corrected chi connectivity index (χ3v) is 7.58. The first-order valence-electron chi connectivity index (χ1n) is 13.5. The van der Waals surface area contributed by atoms with Gasteiger partial charge in [0.15, 0.2) is 17.6 Å². The molecule has 0 aliphatic carbocycles. The third kappa shape index (κ3) is 6.55. The number of methoxy groups -OCH3 is 1. The Morgan fingerprint density at radius 2 is 2.08 bits per heavy atom. The number of esters is 1. The smallest absolute Gasteiger partial charge is 0.302 e. The highest BCUT2D eigenvalue weighted by atomic mass is 19.1. The number of likely N-dealkylation sites (tertiary alicyclic amines) is 1. The molecular formula is C29H36FN3O6. The van der Waals surface area contributed by atoms with E-state index in [-0.39, 0.29) is 37.0 Å². The van der Waals surface area contributed by atoms with Gasteiger partial charge in [-0.2, -0.15) is 0 Å². The van der Waals surface area contributed by atoms with Crippen LogP contribution in [0.1, 0.15) is 31.7 Å². The van der Waals surface area contributed by atoms with Crippen molar-refractivity contribution in [1.29, 1.82) is 0 Å². The summed E-state index contributed by atoms with van der Waals surface area (Å²) in [4.78, 5) is 19.3. The van der Waals surface area contributed by atoms with Gasteiger partial charge in [0.05, 0.1) is 13.0 Å². The van der Waals surface area contributed by atoms with E-state index >= 15 is 0 Å². The maximum absolute atomic E-state index is 13.9. The first kappa shape index (κ1) is 27.1. The van der Waals surface area contributed by atoms with E-state index < -0.39 is 0 Å². The van der Waals surface area contributed by atoms with Crippen molar-refractivity contribution >= 4 is 11.7 Å². The first-order valence-corrected chi connectivity index (χ1v) is 13.5. The highest BCUT2D eigenvalue weighted by Gasteiger charge is 2.41. The molecule has 0 bridgehead atoms. The summed E-state index contributed by atoms with van der Waals surface area (Å²) in [6.07, 6.45) is 9.66. The van der Waals surface area contributed by atoms with Crippen LogP contribution in [-0.2, 0) is 14.4 Å². The number of oxime groups is 1. The number of hydrogen-bond acceptors (Lipinski definition) is 9. The molecule has 2 atom stereocenters. The molecule has 5 rings (SSSR count). The summed E-state index contributed by atoms with van der Waals surface area (Å²) in [6, 6.07) is 3.65. The van der Waals surface area contributed by atoms with Crippen molar-refractivity contribution in [2.24, 2.45) is 17.0 Å². The second kappa shape index (κ2) is 12.5. The molecule has 1 N–H and O–H groups in total. The van der Waals surface area contributed by atoms with Gasteiger partial charge < -0.3 is 29.1 Å². The van der Waals surface area contributed by atoms with Crippen molar-refractivity contribution in [3.8, 4) is 17.2 Å². The lowest BCUT2D eigenvalue weighted by molar-refractivity contribution is -0.141. The Kier molecular flexibility index (Phi) is 8.71. The quantitative estimate of drug-likeness (QED) is 0.393. The lowest BCUT2D eigenvalue weighted by Gasteiger charge is -2.35. The molecule has 2 unspecified atom stereocenters. The number of carbonyl (C=O) groups excluding carboxylic acids is 1. The van der Waals surface area contributed by atoms with Gasteiger partial charge in [0.1, 0.15) is 37.1 Å². The van der Waals surface area contributed by atoms with Crippen molar-refractivity contribution in [2.75, 3.05) is 53.1 Å². The first-order chi connectivity index (χ1) is 19.0. The number of fused-ring (bicyclic) bond motifs is 3. The largest absolute Gasteiger partial charge is 0.493 e. The number of rotatable bonds is 8. The molecule has 210 valence electrons. The maximum Gasteiger partial charge on any atom is 0.302 e. The van der Waals surface area contributed by atoms with E-state index in [0.29, 0.717) is 42.7 Å². The zero-order valence-corrected chi connectivity index (χ0v) is 22.5. The van der Waals surface area contributed by atoms with E-state index in [1.165, 1.54) is 18.6 Å². The van der Waals surface area contributed by atoms with Crippen molar-refractivity contribution in [3.63, 3.8) is 0 Å². The predicted octanol–water partition coefficient (Wildman–Crippen LogP) is 3.75. The van der Waals surface area contributed by atoms with Crippen LogP contribution < -0.4 is 19.5 Å². The highest BCUT2D eigenvalue weighted by molar-refractivity contribution is 6.06. The summed E-state index contributed by atoms with van der Waals surface area (Å²) in [7, 11) is 1.58. The summed E-state index contributed by atoms with van der Waals surface area (Å²) in [5, 5.41) is 7.75. The van der Waals surface area contributed by atoms with Crippen LogP contribution in [0.3, 0.4) is 0 Å². The molecule has 0 aromatic heterocycles. The summed E-state index contributed by atoms with van der Waals surface area (Å²) >= 11 is 0. The molecule has 1 fully saturated rings. The molecule has 39 heavy (non-hydrogen) atoms. The average molecular weight is 542 g/mol. The Morgan fingerprint density at radius 3 is 2.87 bits per heavy atom. The number of benzene rings is 1. The van der Waals surface area contributed by atoms with Gasteiger partial charge >= 0.3 is 5.97 Å². The van der Waals surface area contributed by atoms with Crippen LogP contribution in [0.4, 0.5) is 4.39 Å². The van der Waals surface area contributed by atoms with Crippen LogP contribution in [0.2, 0.25) is 0 Å². The van der Waals surface area contributed by atoms with E-state index in [1.54, 1.807) is 25.3 Å². The van der Waals surface area contributed by atoms with Gasteiger partial charge in [-0.25, -0.2) is 4.39 Å². The molecule has 9 nitrogen and oxygen atoms in total. The molecule has 0 spiro atoms. The van der Waals surface area contributed by atoms with Crippen LogP contribution in [-0.4, -0.2) is 75.8 Å². The molecule has 0 amide bonds. The summed E-state index contributed by atoms with van der Waals surface area (Å²) < 4.78 is 36.2. The van der Waals surface area contributed by atoms with Gasteiger partial charge in [-0.05, 0) is 68.3 Å². The van der Waals surface area contributed by atoms with Gasteiger partial charge in [0.25, 0.3) is 0 Å². The molecule has 1 aromatic rings. The number of halogens is 1. The Balaban J connectivity index is 1.16. The fourth-order valence-corrected chi connectivity index (χ4v) is 5.48. The van der Waals surface area contributed by atoms with Gasteiger partial charge in [0, 0.05) is 31.6 Å². The van der Waals surface area contributed by atoms with Crippen molar-refractivity contribution in [1.82, 2.24) is 10.2 Å². The lowest BCUT2D eigenvalue weighted by atomic mass is 9.86. The Hall–Kier alpha value is -3.53. The SMILES string of the molecule is COc1cc2c(cc1OCCOC(C)=O)OCC1C2=NOC1CN1CCC(/C2=C/NC/C=C\C(F)=C/C2)CC1. The Bertz CT molecular complexity index is 1170. The zero-order chi connectivity index (χ0) is 27.2. The highest BCUT2D eigenvalue weighted by Crippen LogP contribution is 2.41. The van der Waals surface area contributed by atoms with Crippen molar-refractivity contribution in [2.45, 2.75) is 32.3 Å². The standard InChI is InChI=1S/C29H36FN3O6/c1-19(34)36-12-13-37-27-15-25-23(14-26(27)35-2)29-24(18-38-25)28(39-32-29)17-33-10-7-20(8-11-33)21-5-6-22(30)4-3-9-31-16-21/h3-4,6,14-16,20,24,28,31H,5,7-13,17-18H2,1-2H3/b4-3-,21-16+,22-6+. The number of allylic oxidation sites excluding steroid dienone is 4. The number of piperidine rings is 1. The number of hydrogen-bond donors (Lipinski definition) is 1. The van der Waals surface area contributed by atoms with Gasteiger partial charge in [-0.1, -0.05) is 11.2 Å². The molecular weight excluding hydrogens is 505 g/mol. The molecule has 4 aliphatic rings. The minimum Gasteiger partial charge on any atom is -0.493 e. The number of ether oxygens (including phenoxy) is 4. The Morgan fingerprint density at radius 1 is 1.23 bits per heavy atom. The van der Waals surface area contributed by atoms with E-state index in [0.717, 1.165) is 43.8 Å². The second-order valence-electron chi connectivity index (χ2n) is 10.1. The third-order valence-electron chi connectivity index (χ3n) is 7.58. The van der Waals surface area contributed by atoms with Crippen LogP contribution in [0.15, 0.2) is 53.1 Å². The molecule has 4 heterocycles. The van der Waals surface area contributed by atoms with Crippen LogP contribution in [0, 0.1) is 11.8 Å². The lowest BCUT2D eigenvalue weighted by Crippen LogP contribution is -2.44. The van der Waals surface area contributed by atoms with Crippen LogP contribution in [0.5, 0.6) is 17.2 Å². The van der Waals surface area contributed by atoms with Crippen molar-refractivity contribution < 1.29 is 33.0 Å². The topological polar surface area (TPSA) is 90.9 Å². The summed E-state index contributed by atoms with van der Waals surface area (Å²) in [5.41, 5.74) is 2.97. The maximum atomic E-state index is 13.9. The predicted molar refractivity (Wildman–Crippen MR) is 144 cm³/mol. The minimum absolute atomic E-state index is 0.0255. The fourth-order valence-electron chi connectivity index (χ4n) is 5.48. The molecule has 4 aliphatic heterocycles. The van der Waals surface area contributed by atoms with Crippen LogP contribution >= 0.6 is 0 Å². The van der Waals surface area contributed by atoms with E-state index in [9.17, 15) is 9.18 Å². The average Bonchev–Trinajstić information content (AvgIpc) is 3.39. The minimum atomic E-state index is -0.351. The number of carbonyl (C=O) groups is 1. The molecule has 1 aromatic carbocycles. The molecule has 10 heteroatoms. The zero-order valence-electron chi connectivity index (χ0n) is 22.5. The van der Waals surface area contributed by atoms with E-state index in [1.807, 2.05) is 6.07 Å². The van der Waals surface area contributed by atoms with E-state index in [4.69, 9.17) is 23.8 Å². The van der Waals surface area contributed by atoms with Gasteiger partial charge in [-0.3, -0.25) is 9.69 Å². The molecule has 0 saturated carbocycles. The normalized spacial score (nSPS) is 26.7. The van der Waals surface area contributed by atoms with Gasteiger partial charge in [-0.15, -0.1) is 0 Å². The fraction of sp³-hybridized carbons (Fsp3) is 0.517.